The van der Waals surface area contributed by atoms with Crippen molar-refractivity contribution in [1.29, 1.82) is 0 Å². The van der Waals surface area contributed by atoms with Gasteiger partial charge in [0.15, 0.2) is 5.78 Å². The number of esters is 1. The number of hydrogen-bond donors (Lipinski definition) is 1. The standard InChI is InChI=1S/C41H53FN4O10S/c1-6-35(48)44(5)28-13-9-7-8-12-27-20-41(27,38(51)43-57(53,54)30-15-16-30)21-34(47)33-19-29(55-39(52)45-22-25-11-10-14-32(42)31(25)24-45)23-46(33)37(50)26(17-28)18-36(49)56-40(2,3)4/h6,8,10-12,14,26-30,33H,1,7,9,13,15-24H2,2-5H3,(H,43,51)/b12-8-/t26-,27-,28?,29-,33+,41-/m1/s1. The summed E-state index contributed by atoms with van der Waals surface area (Å²) in [5.41, 5.74) is -1.23. The van der Waals surface area contributed by atoms with E-state index in [-0.39, 0.29) is 57.6 Å². The Labute approximate surface area is 333 Å². The monoisotopic (exact) mass is 812 g/mol. The zero-order chi connectivity index (χ0) is 41.4. The molecule has 16 heteroatoms. The molecule has 0 radical (unpaired) electrons. The fourth-order valence-corrected chi connectivity index (χ4v) is 9.74. The third kappa shape index (κ3) is 9.58. The van der Waals surface area contributed by atoms with Gasteiger partial charge in [0.25, 0.3) is 0 Å². The molecule has 57 heavy (non-hydrogen) atoms. The lowest BCUT2D eigenvalue weighted by molar-refractivity contribution is -0.159. The van der Waals surface area contributed by atoms with Gasteiger partial charge in [0.1, 0.15) is 17.5 Å². The average Bonchev–Trinajstić information content (AvgIpc) is 4.02. The number of nitrogens with one attached hydrogen (secondary N) is 1. The van der Waals surface area contributed by atoms with Crippen LogP contribution in [-0.4, -0.2) is 101 Å². The van der Waals surface area contributed by atoms with Crippen LogP contribution in [-0.2, 0) is 56.6 Å². The molecule has 1 unspecified atom stereocenters. The Bertz CT molecular complexity index is 1960. The molecule has 1 aromatic rings. The first-order chi connectivity index (χ1) is 26.8. The van der Waals surface area contributed by atoms with Gasteiger partial charge in [-0.1, -0.05) is 30.9 Å². The Morgan fingerprint density at radius 3 is 2.51 bits per heavy atom. The number of likely N-dealkylation sites (N-methyl/N-ethyl adjacent to an activating group) is 1. The molecular formula is C41H53FN4O10S. The second kappa shape index (κ2) is 16.3. The first kappa shape index (κ1) is 42.0. The number of ketones is 1. The predicted octanol–water partition coefficient (Wildman–Crippen LogP) is 4.31. The molecule has 0 aromatic heterocycles. The lowest BCUT2D eigenvalue weighted by Crippen LogP contribution is -2.48. The fraction of sp³-hybridized carbons (Fsp3) is 0.610. The lowest BCUT2D eigenvalue weighted by atomic mass is 9.89. The zero-order valence-electron chi connectivity index (χ0n) is 33.0. The summed E-state index contributed by atoms with van der Waals surface area (Å²) < 4.78 is 54.1. The minimum Gasteiger partial charge on any atom is -0.460 e. The number of Topliss-reactive ketones (excluding diaryl/α,β-unsaturated/α-hetero) is 1. The Kier molecular flexibility index (Phi) is 12.0. The van der Waals surface area contributed by atoms with Crippen molar-refractivity contribution in [2.75, 3.05) is 13.6 Å². The van der Waals surface area contributed by atoms with Crippen LogP contribution in [0.1, 0.15) is 96.1 Å². The minimum absolute atomic E-state index is 0.0227. The largest absolute Gasteiger partial charge is 0.460 e. The Balaban J connectivity index is 1.32. The summed E-state index contributed by atoms with van der Waals surface area (Å²) in [6.45, 7) is 8.57. The summed E-state index contributed by atoms with van der Waals surface area (Å²) in [5, 5.41) is -0.664. The highest BCUT2D eigenvalue weighted by Crippen LogP contribution is 2.57. The van der Waals surface area contributed by atoms with Gasteiger partial charge in [0.05, 0.1) is 42.1 Å². The van der Waals surface area contributed by atoms with Crippen LogP contribution >= 0.6 is 0 Å². The summed E-state index contributed by atoms with van der Waals surface area (Å²) in [6.07, 6.45) is 4.96. The van der Waals surface area contributed by atoms with Gasteiger partial charge < -0.3 is 19.3 Å². The van der Waals surface area contributed by atoms with E-state index in [2.05, 4.69) is 11.3 Å². The van der Waals surface area contributed by atoms with Gasteiger partial charge in [-0.3, -0.25) is 33.6 Å². The average molecular weight is 813 g/mol. The second-order valence-corrected chi connectivity index (χ2v) is 19.1. The summed E-state index contributed by atoms with van der Waals surface area (Å²) in [6, 6.07) is 2.86. The number of fused-ring (bicyclic) bond motifs is 3. The van der Waals surface area contributed by atoms with E-state index >= 15 is 0 Å². The Morgan fingerprint density at radius 1 is 1.11 bits per heavy atom. The van der Waals surface area contributed by atoms with Gasteiger partial charge >= 0.3 is 12.1 Å². The quantitative estimate of drug-likeness (QED) is 0.226. The van der Waals surface area contributed by atoms with E-state index in [1.165, 1.54) is 26.8 Å². The van der Waals surface area contributed by atoms with E-state index in [1.807, 2.05) is 12.2 Å². The second-order valence-electron chi connectivity index (χ2n) is 17.2. The molecule has 0 bridgehead atoms. The van der Waals surface area contributed by atoms with Crippen molar-refractivity contribution in [3.63, 3.8) is 0 Å². The van der Waals surface area contributed by atoms with E-state index in [1.54, 1.807) is 40.0 Å². The first-order valence-corrected chi connectivity index (χ1v) is 21.3. The van der Waals surface area contributed by atoms with Gasteiger partial charge in [-0.15, -0.1) is 0 Å². The summed E-state index contributed by atoms with van der Waals surface area (Å²) >= 11 is 0. The molecule has 4 amide bonds. The Hall–Kier alpha value is -4.60. The molecule has 3 fully saturated rings. The van der Waals surface area contributed by atoms with Crippen LogP contribution in [0.5, 0.6) is 0 Å². The molecule has 1 saturated heterocycles. The lowest BCUT2D eigenvalue weighted by Gasteiger charge is -2.33. The maximum atomic E-state index is 14.8. The molecule has 14 nitrogen and oxygen atoms in total. The summed E-state index contributed by atoms with van der Waals surface area (Å²) in [5.74, 6) is -4.87. The molecule has 2 aliphatic carbocycles. The van der Waals surface area contributed by atoms with Crippen molar-refractivity contribution in [2.24, 2.45) is 17.3 Å². The number of halogens is 1. The molecule has 2 saturated carbocycles. The minimum atomic E-state index is -3.93. The molecule has 0 spiro atoms. The van der Waals surface area contributed by atoms with Crippen molar-refractivity contribution in [2.45, 2.75) is 127 Å². The number of allylic oxidation sites excluding steroid dienone is 2. The van der Waals surface area contributed by atoms with Crippen LogP contribution in [0, 0.1) is 23.1 Å². The predicted molar refractivity (Wildman–Crippen MR) is 205 cm³/mol. The van der Waals surface area contributed by atoms with Crippen molar-refractivity contribution in [3.05, 3.63) is 60.0 Å². The number of carbonyl (C=O) groups excluding carboxylic acids is 6. The van der Waals surface area contributed by atoms with Crippen molar-refractivity contribution >= 4 is 45.6 Å². The van der Waals surface area contributed by atoms with E-state index < -0.39 is 91.8 Å². The van der Waals surface area contributed by atoms with Crippen LogP contribution < -0.4 is 4.72 Å². The fourth-order valence-electron chi connectivity index (χ4n) is 8.35. The van der Waals surface area contributed by atoms with E-state index in [9.17, 15) is 41.6 Å². The van der Waals surface area contributed by atoms with Crippen LogP contribution in [0.3, 0.4) is 0 Å². The molecule has 1 aromatic carbocycles. The van der Waals surface area contributed by atoms with Gasteiger partial charge in [-0.05, 0) is 89.3 Å². The molecule has 6 atom stereocenters. The van der Waals surface area contributed by atoms with Crippen LogP contribution in [0.4, 0.5) is 9.18 Å². The van der Waals surface area contributed by atoms with Gasteiger partial charge in [-0.25, -0.2) is 17.6 Å². The highest BCUT2D eigenvalue weighted by atomic mass is 32.2. The third-order valence-electron chi connectivity index (χ3n) is 11.7. The molecule has 1 N–H and O–H groups in total. The topological polar surface area (TPSA) is 177 Å². The number of benzene rings is 1. The maximum Gasteiger partial charge on any atom is 0.410 e. The molecule has 6 rings (SSSR count). The van der Waals surface area contributed by atoms with Crippen molar-refractivity contribution < 1.29 is 51.0 Å². The highest BCUT2D eigenvalue weighted by molar-refractivity contribution is 7.90. The molecular weight excluding hydrogens is 760 g/mol. The van der Waals surface area contributed by atoms with E-state index in [0.717, 1.165) is 0 Å². The number of amides is 4. The number of ether oxygens (including phenoxy) is 2. The highest BCUT2D eigenvalue weighted by Gasteiger charge is 2.61. The Morgan fingerprint density at radius 2 is 1.84 bits per heavy atom. The van der Waals surface area contributed by atoms with E-state index in [4.69, 9.17) is 9.47 Å². The SMILES string of the molecule is C=CC(=O)N(C)C1CCC/C=C\[C@@H]2C[C@@]2(C(=O)NS(=O)(=O)C2CC2)CC(=O)[C@@H]2C[C@@H](OC(=O)N3Cc4cccc(F)c4C3)CN2C(=O)[C@@H](CC(=O)OC(C)(C)C)C1. The number of carbonyl (C=O) groups is 6. The number of hydrogen-bond acceptors (Lipinski definition) is 10. The van der Waals surface area contributed by atoms with Gasteiger partial charge in [-0.2, -0.15) is 0 Å². The first-order valence-electron chi connectivity index (χ1n) is 19.7. The number of nitrogens with zero attached hydrogens (tertiary/aromatic N) is 3. The number of sulfonamides is 1. The molecule has 5 aliphatic rings. The molecule has 3 heterocycles. The maximum absolute atomic E-state index is 14.8. The van der Waals surface area contributed by atoms with E-state index in [0.29, 0.717) is 43.2 Å². The molecule has 3 aliphatic heterocycles. The van der Waals surface area contributed by atoms with Crippen LogP contribution in [0.15, 0.2) is 43.0 Å². The molecule has 310 valence electrons. The normalized spacial score (nSPS) is 28.5. The van der Waals surface area contributed by atoms with Crippen molar-refractivity contribution in [3.8, 4) is 0 Å². The van der Waals surface area contributed by atoms with Gasteiger partial charge in [0, 0.05) is 38.0 Å². The van der Waals surface area contributed by atoms with Gasteiger partial charge in [0.2, 0.25) is 27.7 Å². The summed E-state index contributed by atoms with van der Waals surface area (Å²) in [7, 11) is -2.34. The smallest absolute Gasteiger partial charge is 0.410 e. The third-order valence-corrected chi connectivity index (χ3v) is 13.5. The van der Waals surface area contributed by atoms with Crippen LogP contribution in [0.25, 0.3) is 0 Å². The summed E-state index contributed by atoms with van der Waals surface area (Å²) in [4.78, 5) is 87.1. The van der Waals surface area contributed by atoms with Crippen LogP contribution in [0.2, 0.25) is 0 Å². The zero-order valence-corrected chi connectivity index (χ0v) is 33.9. The number of rotatable bonds is 8. The van der Waals surface area contributed by atoms with Crippen molar-refractivity contribution in [1.82, 2.24) is 19.4 Å².